The van der Waals surface area contributed by atoms with Crippen molar-refractivity contribution in [3.8, 4) is 0 Å². The van der Waals surface area contributed by atoms with Gasteiger partial charge in [-0.25, -0.2) is 4.79 Å². The number of benzene rings is 1. The lowest BCUT2D eigenvalue weighted by molar-refractivity contribution is -0.131. The Morgan fingerprint density at radius 2 is 2.29 bits per heavy atom. The van der Waals surface area contributed by atoms with Gasteiger partial charge < -0.3 is 15.2 Å². The standard InChI is InChI=1S/C16H19NO4/c1-11(14-6-3-9-21-14)17-16(20)13-5-2-4-12(10-13)7-8-15(18)19/h2,4-5,7-8,10-11,14H,3,6,9H2,1H3,(H,17,20)(H,18,19). The highest BCUT2D eigenvalue weighted by Gasteiger charge is 2.23. The van der Waals surface area contributed by atoms with Crippen LogP contribution in [0, 0.1) is 0 Å². The lowest BCUT2D eigenvalue weighted by Crippen LogP contribution is -2.40. The number of rotatable bonds is 5. The van der Waals surface area contributed by atoms with E-state index in [-0.39, 0.29) is 18.1 Å². The van der Waals surface area contributed by atoms with Crippen LogP contribution in [0.15, 0.2) is 30.3 Å². The van der Waals surface area contributed by atoms with Crippen LogP contribution >= 0.6 is 0 Å². The van der Waals surface area contributed by atoms with Crippen LogP contribution in [0.3, 0.4) is 0 Å². The average Bonchev–Trinajstić information content (AvgIpc) is 2.99. The van der Waals surface area contributed by atoms with Crippen molar-refractivity contribution < 1.29 is 19.4 Å². The second-order valence-corrected chi connectivity index (χ2v) is 5.11. The highest BCUT2D eigenvalue weighted by Crippen LogP contribution is 2.16. The molecule has 2 atom stereocenters. The Morgan fingerprint density at radius 1 is 1.48 bits per heavy atom. The molecule has 0 radical (unpaired) electrons. The van der Waals surface area contributed by atoms with E-state index in [1.165, 1.54) is 6.08 Å². The number of carbonyl (C=O) groups excluding carboxylic acids is 1. The normalized spacial score (nSPS) is 19.6. The van der Waals surface area contributed by atoms with Crippen molar-refractivity contribution in [3.05, 3.63) is 41.5 Å². The van der Waals surface area contributed by atoms with Gasteiger partial charge in [0.25, 0.3) is 5.91 Å². The van der Waals surface area contributed by atoms with E-state index in [0.717, 1.165) is 25.5 Å². The number of ether oxygens (including phenoxy) is 1. The third-order valence-electron chi connectivity index (χ3n) is 3.45. The maximum absolute atomic E-state index is 12.2. The largest absolute Gasteiger partial charge is 0.478 e. The summed E-state index contributed by atoms with van der Waals surface area (Å²) in [5.41, 5.74) is 1.18. The van der Waals surface area contributed by atoms with E-state index in [9.17, 15) is 9.59 Å². The molecule has 5 nitrogen and oxygen atoms in total. The van der Waals surface area contributed by atoms with Gasteiger partial charge in [0.05, 0.1) is 12.1 Å². The van der Waals surface area contributed by atoms with Gasteiger partial charge in [0, 0.05) is 18.2 Å². The molecule has 0 aromatic heterocycles. The Kier molecular flexibility index (Phi) is 5.11. The molecule has 2 rings (SSSR count). The summed E-state index contributed by atoms with van der Waals surface area (Å²) >= 11 is 0. The molecule has 0 spiro atoms. The summed E-state index contributed by atoms with van der Waals surface area (Å²) in [7, 11) is 0. The Balaban J connectivity index is 2.01. The van der Waals surface area contributed by atoms with Crippen LogP contribution in [0.25, 0.3) is 6.08 Å². The second kappa shape index (κ2) is 7.04. The topological polar surface area (TPSA) is 75.6 Å². The van der Waals surface area contributed by atoms with Crippen molar-refractivity contribution in [3.63, 3.8) is 0 Å². The molecule has 1 fully saturated rings. The van der Waals surface area contributed by atoms with E-state index in [2.05, 4.69) is 5.32 Å². The smallest absolute Gasteiger partial charge is 0.328 e. The number of amides is 1. The zero-order chi connectivity index (χ0) is 15.2. The maximum atomic E-state index is 12.2. The predicted octanol–water partition coefficient (Wildman–Crippen LogP) is 2.08. The van der Waals surface area contributed by atoms with E-state index in [1.807, 2.05) is 6.92 Å². The van der Waals surface area contributed by atoms with Crippen LogP contribution in [-0.4, -0.2) is 35.7 Å². The van der Waals surface area contributed by atoms with Crippen molar-refractivity contribution in [2.75, 3.05) is 6.61 Å². The van der Waals surface area contributed by atoms with Gasteiger partial charge in [0.2, 0.25) is 0 Å². The van der Waals surface area contributed by atoms with Crippen molar-refractivity contribution in [1.82, 2.24) is 5.32 Å². The molecule has 0 aliphatic carbocycles. The number of carboxylic acids is 1. The molecule has 5 heteroatoms. The van der Waals surface area contributed by atoms with Crippen LogP contribution in [0.5, 0.6) is 0 Å². The molecule has 1 heterocycles. The van der Waals surface area contributed by atoms with E-state index >= 15 is 0 Å². The molecule has 1 aliphatic rings. The van der Waals surface area contributed by atoms with Crippen LogP contribution in [0.2, 0.25) is 0 Å². The van der Waals surface area contributed by atoms with Gasteiger partial charge in [-0.3, -0.25) is 4.79 Å². The Labute approximate surface area is 123 Å². The molecule has 1 aromatic rings. The summed E-state index contributed by atoms with van der Waals surface area (Å²) < 4.78 is 5.55. The van der Waals surface area contributed by atoms with E-state index in [4.69, 9.17) is 9.84 Å². The molecule has 2 unspecified atom stereocenters. The van der Waals surface area contributed by atoms with Crippen LogP contribution in [-0.2, 0) is 9.53 Å². The van der Waals surface area contributed by atoms with Gasteiger partial charge in [-0.1, -0.05) is 12.1 Å². The minimum absolute atomic E-state index is 0.0433. The molecule has 1 amide bonds. The van der Waals surface area contributed by atoms with Gasteiger partial charge >= 0.3 is 5.97 Å². The monoisotopic (exact) mass is 289 g/mol. The van der Waals surface area contributed by atoms with Gasteiger partial charge in [-0.05, 0) is 43.5 Å². The van der Waals surface area contributed by atoms with E-state index in [0.29, 0.717) is 11.1 Å². The van der Waals surface area contributed by atoms with Crippen molar-refractivity contribution in [2.45, 2.75) is 31.9 Å². The number of hydrogen-bond acceptors (Lipinski definition) is 3. The highest BCUT2D eigenvalue weighted by molar-refractivity contribution is 5.95. The van der Waals surface area contributed by atoms with Gasteiger partial charge in [-0.2, -0.15) is 0 Å². The van der Waals surface area contributed by atoms with Crippen molar-refractivity contribution in [1.29, 1.82) is 0 Å². The summed E-state index contributed by atoms with van der Waals surface area (Å²) in [5.74, 6) is -1.19. The number of carboxylic acid groups (broad SMARTS) is 1. The fourth-order valence-electron chi connectivity index (χ4n) is 2.33. The molecule has 1 saturated heterocycles. The summed E-state index contributed by atoms with van der Waals surface area (Å²) in [6, 6.07) is 6.80. The minimum atomic E-state index is -1.02. The zero-order valence-corrected chi connectivity index (χ0v) is 11.9. The van der Waals surface area contributed by atoms with Gasteiger partial charge in [0.15, 0.2) is 0 Å². The number of aliphatic carboxylic acids is 1. The first-order chi connectivity index (χ1) is 10.1. The summed E-state index contributed by atoms with van der Waals surface area (Å²) in [6.07, 6.45) is 4.57. The summed E-state index contributed by atoms with van der Waals surface area (Å²) in [4.78, 5) is 22.7. The van der Waals surface area contributed by atoms with E-state index < -0.39 is 5.97 Å². The highest BCUT2D eigenvalue weighted by atomic mass is 16.5. The molecule has 1 aromatic carbocycles. The summed E-state index contributed by atoms with van der Waals surface area (Å²) in [5, 5.41) is 11.5. The molecule has 21 heavy (non-hydrogen) atoms. The SMILES string of the molecule is CC(NC(=O)c1cccc(C=CC(=O)O)c1)C1CCCO1. The number of nitrogens with one attached hydrogen (secondary N) is 1. The third-order valence-corrected chi connectivity index (χ3v) is 3.45. The zero-order valence-electron chi connectivity index (χ0n) is 11.9. The third kappa shape index (κ3) is 4.43. The molecular weight excluding hydrogens is 270 g/mol. The van der Waals surface area contributed by atoms with Gasteiger partial charge in [0.1, 0.15) is 0 Å². The molecule has 1 aliphatic heterocycles. The Bertz CT molecular complexity index is 547. The predicted molar refractivity (Wildman–Crippen MR) is 79.0 cm³/mol. The molecule has 0 bridgehead atoms. The first-order valence-corrected chi connectivity index (χ1v) is 7.00. The average molecular weight is 289 g/mol. The van der Waals surface area contributed by atoms with Crippen LogP contribution in [0.1, 0.15) is 35.7 Å². The number of carbonyl (C=O) groups is 2. The Morgan fingerprint density at radius 3 is 2.95 bits per heavy atom. The van der Waals surface area contributed by atoms with Crippen molar-refractivity contribution >= 4 is 18.0 Å². The van der Waals surface area contributed by atoms with Crippen LogP contribution < -0.4 is 5.32 Å². The van der Waals surface area contributed by atoms with Crippen LogP contribution in [0.4, 0.5) is 0 Å². The number of hydrogen-bond donors (Lipinski definition) is 2. The molecular formula is C16H19NO4. The molecule has 112 valence electrons. The minimum Gasteiger partial charge on any atom is -0.478 e. The molecule has 0 saturated carbocycles. The maximum Gasteiger partial charge on any atom is 0.328 e. The molecule has 2 N–H and O–H groups in total. The fraction of sp³-hybridized carbons (Fsp3) is 0.375. The first kappa shape index (κ1) is 15.3. The lowest BCUT2D eigenvalue weighted by atomic mass is 10.1. The fourth-order valence-corrected chi connectivity index (χ4v) is 2.33. The van der Waals surface area contributed by atoms with Crippen molar-refractivity contribution in [2.24, 2.45) is 0 Å². The quantitative estimate of drug-likeness (QED) is 0.814. The first-order valence-electron chi connectivity index (χ1n) is 7.00. The second-order valence-electron chi connectivity index (χ2n) is 5.11. The van der Waals surface area contributed by atoms with Gasteiger partial charge in [-0.15, -0.1) is 0 Å². The Hall–Kier alpha value is -2.14. The summed E-state index contributed by atoms with van der Waals surface area (Å²) in [6.45, 7) is 2.68. The van der Waals surface area contributed by atoms with E-state index in [1.54, 1.807) is 24.3 Å². The lowest BCUT2D eigenvalue weighted by Gasteiger charge is -2.20.